The van der Waals surface area contributed by atoms with E-state index in [1.54, 1.807) is 6.07 Å². The lowest BCUT2D eigenvalue weighted by Gasteiger charge is -2.34. The molecule has 3 rings (SSSR count). The first-order valence-electron chi connectivity index (χ1n) is 11.3. The van der Waals surface area contributed by atoms with Crippen LogP contribution in [0.15, 0.2) is 24.3 Å². The highest BCUT2D eigenvalue weighted by atomic mass is 16.2. The van der Waals surface area contributed by atoms with Gasteiger partial charge < -0.3 is 10.2 Å². The number of Topliss-reactive ketones (excluding diaryl/α,β-unsaturated/α-hetero) is 1. The van der Waals surface area contributed by atoms with Crippen LogP contribution in [0.1, 0.15) is 67.8 Å². The average Bonchev–Trinajstić information content (AvgIpc) is 3.62. The number of hydrogen-bond donors (Lipinski definition) is 1. The van der Waals surface area contributed by atoms with Gasteiger partial charge in [0.05, 0.1) is 13.1 Å². The minimum Gasteiger partial charge on any atom is -0.345 e. The van der Waals surface area contributed by atoms with E-state index in [1.165, 1.54) is 12.8 Å². The maximum Gasteiger partial charge on any atom is 0.251 e. The van der Waals surface area contributed by atoms with Gasteiger partial charge in [-0.3, -0.25) is 19.3 Å². The second kappa shape index (κ2) is 10.2. The first-order chi connectivity index (χ1) is 14.4. The SMILES string of the molecule is CCC(C)C(=O)CNC(=O)c1cccc(C2CCCN(C(=O)CN(C)C3CC3)C2)c1. The summed E-state index contributed by atoms with van der Waals surface area (Å²) in [4.78, 5) is 41.4. The summed E-state index contributed by atoms with van der Waals surface area (Å²) >= 11 is 0. The molecule has 1 heterocycles. The quantitative estimate of drug-likeness (QED) is 0.676. The molecule has 6 heteroatoms. The summed E-state index contributed by atoms with van der Waals surface area (Å²) in [6.45, 7) is 5.92. The van der Waals surface area contributed by atoms with Crippen molar-refractivity contribution in [2.24, 2.45) is 5.92 Å². The van der Waals surface area contributed by atoms with E-state index in [1.807, 2.05) is 44.0 Å². The zero-order chi connectivity index (χ0) is 21.7. The van der Waals surface area contributed by atoms with Crippen molar-refractivity contribution in [2.75, 3.05) is 33.2 Å². The van der Waals surface area contributed by atoms with Crippen LogP contribution in [-0.4, -0.2) is 66.7 Å². The third kappa shape index (κ3) is 5.91. The molecule has 2 amide bonds. The Morgan fingerprint density at radius 3 is 2.70 bits per heavy atom. The predicted octanol–water partition coefficient (Wildman–Crippen LogP) is 2.83. The summed E-state index contributed by atoms with van der Waals surface area (Å²) in [6.07, 6.45) is 5.16. The number of amides is 2. The van der Waals surface area contributed by atoms with E-state index < -0.39 is 0 Å². The fourth-order valence-electron chi connectivity index (χ4n) is 4.04. The number of nitrogens with zero attached hydrogens (tertiary/aromatic N) is 2. The Labute approximate surface area is 180 Å². The molecule has 0 aromatic heterocycles. The Morgan fingerprint density at radius 2 is 2.00 bits per heavy atom. The van der Waals surface area contributed by atoms with Gasteiger partial charge in [0.1, 0.15) is 0 Å². The lowest BCUT2D eigenvalue weighted by Crippen LogP contribution is -2.44. The molecule has 0 spiro atoms. The largest absolute Gasteiger partial charge is 0.345 e. The molecule has 2 unspecified atom stereocenters. The number of ketones is 1. The normalized spacial score (nSPS) is 20.1. The van der Waals surface area contributed by atoms with Crippen molar-refractivity contribution >= 4 is 17.6 Å². The van der Waals surface area contributed by atoms with Gasteiger partial charge in [-0.2, -0.15) is 0 Å². The minimum atomic E-state index is -0.219. The molecule has 0 radical (unpaired) electrons. The van der Waals surface area contributed by atoms with Crippen molar-refractivity contribution in [3.63, 3.8) is 0 Å². The highest BCUT2D eigenvalue weighted by Gasteiger charge is 2.30. The zero-order valence-corrected chi connectivity index (χ0v) is 18.5. The van der Waals surface area contributed by atoms with E-state index >= 15 is 0 Å². The van der Waals surface area contributed by atoms with Crippen LogP contribution in [0.4, 0.5) is 0 Å². The molecule has 1 N–H and O–H groups in total. The summed E-state index contributed by atoms with van der Waals surface area (Å²) < 4.78 is 0. The minimum absolute atomic E-state index is 0.0404. The summed E-state index contributed by atoms with van der Waals surface area (Å²) in [5, 5.41) is 2.75. The second-order valence-electron chi connectivity index (χ2n) is 8.91. The first kappa shape index (κ1) is 22.5. The van der Waals surface area contributed by atoms with Crippen LogP contribution in [0.25, 0.3) is 0 Å². The van der Waals surface area contributed by atoms with E-state index in [2.05, 4.69) is 10.2 Å². The molecule has 0 bridgehead atoms. The molecule has 2 atom stereocenters. The van der Waals surface area contributed by atoms with Crippen molar-refractivity contribution in [1.82, 2.24) is 15.1 Å². The number of carbonyl (C=O) groups is 3. The molecule has 2 aliphatic rings. The lowest BCUT2D eigenvalue weighted by atomic mass is 9.89. The van der Waals surface area contributed by atoms with Crippen LogP contribution in [0.5, 0.6) is 0 Å². The molecule has 1 aromatic rings. The van der Waals surface area contributed by atoms with Gasteiger partial charge in [-0.1, -0.05) is 26.0 Å². The van der Waals surface area contributed by atoms with Gasteiger partial charge in [0.25, 0.3) is 5.91 Å². The smallest absolute Gasteiger partial charge is 0.251 e. The standard InChI is InChI=1S/C24H35N3O3/c1-4-17(2)22(28)14-25-24(30)19-8-5-7-18(13-19)20-9-6-12-27(15-20)23(29)16-26(3)21-10-11-21/h5,7-8,13,17,20-21H,4,6,9-12,14-16H2,1-3H3,(H,25,30). The highest BCUT2D eigenvalue weighted by Crippen LogP contribution is 2.29. The molecule has 1 aromatic carbocycles. The molecule has 6 nitrogen and oxygen atoms in total. The molecular formula is C24H35N3O3. The van der Waals surface area contributed by atoms with Crippen molar-refractivity contribution in [1.29, 1.82) is 0 Å². The summed E-state index contributed by atoms with van der Waals surface area (Å²) in [5.41, 5.74) is 1.66. The van der Waals surface area contributed by atoms with Gasteiger partial charge in [-0.25, -0.2) is 0 Å². The van der Waals surface area contributed by atoms with Crippen molar-refractivity contribution in [3.05, 3.63) is 35.4 Å². The Hall–Kier alpha value is -2.21. The van der Waals surface area contributed by atoms with Crippen LogP contribution in [0, 0.1) is 5.92 Å². The molecule has 164 valence electrons. The van der Waals surface area contributed by atoms with E-state index in [9.17, 15) is 14.4 Å². The first-order valence-corrected chi connectivity index (χ1v) is 11.3. The van der Waals surface area contributed by atoms with Gasteiger partial charge in [0, 0.05) is 36.5 Å². The molecule has 1 aliphatic carbocycles. The zero-order valence-electron chi connectivity index (χ0n) is 18.5. The number of rotatable bonds is 9. The van der Waals surface area contributed by atoms with Gasteiger partial charge in [-0.05, 0) is 56.8 Å². The molecule has 30 heavy (non-hydrogen) atoms. The number of nitrogens with one attached hydrogen (secondary N) is 1. The summed E-state index contributed by atoms with van der Waals surface area (Å²) in [5.74, 6) is 0.235. The number of hydrogen-bond acceptors (Lipinski definition) is 4. The molecule has 1 aliphatic heterocycles. The van der Waals surface area contributed by atoms with Gasteiger partial charge in [0.15, 0.2) is 5.78 Å². The fourth-order valence-corrected chi connectivity index (χ4v) is 4.04. The number of likely N-dealkylation sites (N-methyl/N-ethyl adjacent to an activating group) is 1. The molecule has 2 fully saturated rings. The topological polar surface area (TPSA) is 69.7 Å². The van der Waals surface area contributed by atoms with E-state index in [0.717, 1.165) is 31.4 Å². The van der Waals surface area contributed by atoms with Crippen LogP contribution >= 0.6 is 0 Å². The van der Waals surface area contributed by atoms with Gasteiger partial charge in [0.2, 0.25) is 5.91 Å². The third-order valence-electron chi connectivity index (χ3n) is 6.53. The fraction of sp³-hybridized carbons (Fsp3) is 0.625. The number of benzene rings is 1. The Kier molecular flexibility index (Phi) is 7.64. The van der Waals surface area contributed by atoms with E-state index in [0.29, 0.717) is 24.7 Å². The van der Waals surface area contributed by atoms with Crippen LogP contribution in [-0.2, 0) is 9.59 Å². The van der Waals surface area contributed by atoms with Gasteiger partial charge in [-0.15, -0.1) is 0 Å². The Bertz CT molecular complexity index is 775. The van der Waals surface area contributed by atoms with Crippen LogP contribution < -0.4 is 5.32 Å². The number of carbonyl (C=O) groups excluding carboxylic acids is 3. The second-order valence-corrected chi connectivity index (χ2v) is 8.91. The Balaban J connectivity index is 1.58. The Morgan fingerprint density at radius 1 is 1.23 bits per heavy atom. The maximum atomic E-state index is 12.7. The molecule has 1 saturated carbocycles. The number of likely N-dealkylation sites (tertiary alicyclic amines) is 1. The maximum absolute atomic E-state index is 12.7. The van der Waals surface area contributed by atoms with Crippen molar-refractivity contribution in [2.45, 2.75) is 57.9 Å². The highest BCUT2D eigenvalue weighted by molar-refractivity contribution is 5.97. The summed E-state index contributed by atoms with van der Waals surface area (Å²) in [7, 11) is 2.03. The number of piperidine rings is 1. The molecule has 1 saturated heterocycles. The van der Waals surface area contributed by atoms with Crippen molar-refractivity contribution < 1.29 is 14.4 Å². The predicted molar refractivity (Wildman–Crippen MR) is 117 cm³/mol. The van der Waals surface area contributed by atoms with E-state index in [-0.39, 0.29) is 36.0 Å². The lowest BCUT2D eigenvalue weighted by molar-refractivity contribution is -0.133. The van der Waals surface area contributed by atoms with Crippen molar-refractivity contribution in [3.8, 4) is 0 Å². The average molecular weight is 414 g/mol. The third-order valence-corrected chi connectivity index (χ3v) is 6.53. The van der Waals surface area contributed by atoms with Crippen LogP contribution in [0.2, 0.25) is 0 Å². The van der Waals surface area contributed by atoms with Gasteiger partial charge >= 0.3 is 0 Å². The van der Waals surface area contributed by atoms with Crippen LogP contribution in [0.3, 0.4) is 0 Å². The molecular weight excluding hydrogens is 378 g/mol. The van der Waals surface area contributed by atoms with E-state index in [4.69, 9.17) is 0 Å². The summed E-state index contributed by atoms with van der Waals surface area (Å²) in [6, 6.07) is 8.20. The monoisotopic (exact) mass is 413 g/mol.